The van der Waals surface area contributed by atoms with Gasteiger partial charge in [0.05, 0.1) is 0 Å². The fraction of sp³-hybridized carbons (Fsp3) is 0.400. The van der Waals surface area contributed by atoms with Crippen LogP contribution in [0.2, 0.25) is 0 Å². The summed E-state index contributed by atoms with van der Waals surface area (Å²) in [7, 11) is 0. The molecule has 0 bridgehead atoms. The normalized spacial score (nSPS) is 11.5. The first-order valence-electron chi connectivity index (χ1n) is 6.64. The number of benzene rings is 1. The van der Waals surface area contributed by atoms with Gasteiger partial charge in [0, 0.05) is 16.4 Å². The van der Waals surface area contributed by atoms with Crippen molar-refractivity contribution in [3.63, 3.8) is 0 Å². The van der Waals surface area contributed by atoms with Crippen molar-refractivity contribution in [2.45, 2.75) is 39.7 Å². The van der Waals surface area contributed by atoms with Crippen LogP contribution < -0.4 is 5.32 Å². The van der Waals surface area contributed by atoms with E-state index in [0.717, 1.165) is 15.6 Å². The Labute approximate surface area is 132 Å². The molecule has 5 nitrogen and oxygen atoms in total. The molecule has 2 rings (SSSR count). The molecule has 0 saturated heterocycles. The van der Waals surface area contributed by atoms with Crippen molar-refractivity contribution in [3.05, 3.63) is 45.6 Å². The Kier molecular flexibility index (Phi) is 4.46. The lowest BCUT2D eigenvalue weighted by Crippen LogP contribution is -2.23. The van der Waals surface area contributed by atoms with Crippen molar-refractivity contribution in [1.29, 1.82) is 0 Å². The Hall–Kier alpha value is -1.69. The molecular weight excluding hydrogens is 334 g/mol. The number of amides is 1. The van der Waals surface area contributed by atoms with Crippen LogP contribution >= 0.6 is 15.9 Å². The maximum atomic E-state index is 12.0. The molecule has 0 aliphatic carbocycles. The number of carbonyl (C=O) groups is 1. The summed E-state index contributed by atoms with van der Waals surface area (Å²) < 4.78 is 6.42. The Bertz CT molecular complexity index is 659. The van der Waals surface area contributed by atoms with Gasteiger partial charge in [-0.3, -0.25) is 4.79 Å². The lowest BCUT2D eigenvalue weighted by Gasteiger charge is -2.11. The second-order valence-electron chi connectivity index (χ2n) is 5.92. The molecule has 2 aromatic rings. The summed E-state index contributed by atoms with van der Waals surface area (Å²) in [4.78, 5) is 12.0. The highest BCUT2D eigenvalue weighted by Gasteiger charge is 2.23. The van der Waals surface area contributed by atoms with E-state index in [1.54, 1.807) is 0 Å². The molecule has 0 saturated carbocycles. The van der Waals surface area contributed by atoms with Gasteiger partial charge in [-0.15, -0.1) is 10.2 Å². The van der Waals surface area contributed by atoms with Crippen molar-refractivity contribution in [2.75, 3.05) is 0 Å². The van der Waals surface area contributed by atoms with E-state index >= 15 is 0 Å². The van der Waals surface area contributed by atoms with Crippen LogP contribution in [0.25, 0.3) is 0 Å². The summed E-state index contributed by atoms with van der Waals surface area (Å²) in [5.41, 5.74) is 1.88. The fourth-order valence-electron chi connectivity index (χ4n) is 1.73. The minimum atomic E-state index is -0.361. The molecular formula is C15H18BrN3O2. The number of nitrogens with one attached hydrogen (secondary N) is 1. The Morgan fingerprint density at radius 3 is 2.62 bits per heavy atom. The Morgan fingerprint density at radius 2 is 2.05 bits per heavy atom. The van der Waals surface area contributed by atoms with Gasteiger partial charge in [0.15, 0.2) is 0 Å². The standard InChI is InChI=1S/C15H18BrN3O2/c1-9-7-11(16)6-5-10(9)8-17-12(20)13-18-19-14(21-13)15(2,3)4/h5-7H,8H2,1-4H3,(H,17,20). The number of aromatic nitrogens is 2. The molecule has 0 fully saturated rings. The second-order valence-corrected chi connectivity index (χ2v) is 6.83. The molecule has 21 heavy (non-hydrogen) atoms. The number of carbonyl (C=O) groups excluding carboxylic acids is 1. The molecule has 1 N–H and O–H groups in total. The monoisotopic (exact) mass is 351 g/mol. The molecule has 0 atom stereocenters. The minimum Gasteiger partial charge on any atom is -0.416 e. The Balaban J connectivity index is 2.03. The van der Waals surface area contributed by atoms with Gasteiger partial charge >= 0.3 is 11.8 Å². The molecule has 1 aromatic heterocycles. The topological polar surface area (TPSA) is 68.0 Å². The summed E-state index contributed by atoms with van der Waals surface area (Å²) in [6.45, 7) is 8.27. The highest BCUT2D eigenvalue weighted by atomic mass is 79.9. The fourth-order valence-corrected chi connectivity index (χ4v) is 2.20. The molecule has 0 aliphatic rings. The van der Waals surface area contributed by atoms with Gasteiger partial charge in [0.25, 0.3) is 0 Å². The third-order valence-corrected chi connectivity index (χ3v) is 3.50. The van der Waals surface area contributed by atoms with E-state index < -0.39 is 0 Å². The summed E-state index contributed by atoms with van der Waals surface area (Å²) >= 11 is 3.41. The smallest absolute Gasteiger partial charge is 0.309 e. The molecule has 1 aromatic carbocycles. The van der Waals surface area contributed by atoms with E-state index in [1.807, 2.05) is 45.9 Å². The van der Waals surface area contributed by atoms with E-state index in [0.29, 0.717) is 12.4 Å². The predicted octanol–water partition coefficient (Wildman–Crippen LogP) is 3.37. The van der Waals surface area contributed by atoms with Crippen LogP contribution in [-0.4, -0.2) is 16.1 Å². The zero-order valence-electron chi connectivity index (χ0n) is 12.5. The average Bonchev–Trinajstić information content (AvgIpc) is 2.87. The summed E-state index contributed by atoms with van der Waals surface area (Å²) in [6.07, 6.45) is 0. The number of nitrogens with zero attached hydrogens (tertiary/aromatic N) is 2. The molecule has 1 heterocycles. The predicted molar refractivity (Wildman–Crippen MR) is 83.0 cm³/mol. The summed E-state index contributed by atoms with van der Waals surface area (Å²) in [5.74, 6) is 0.0856. The molecule has 112 valence electrons. The number of hydrogen-bond donors (Lipinski definition) is 1. The van der Waals surface area contributed by atoms with Crippen molar-refractivity contribution in [1.82, 2.24) is 15.5 Å². The van der Waals surface area contributed by atoms with Crippen LogP contribution in [0.1, 0.15) is 48.5 Å². The average molecular weight is 352 g/mol. The minimum absolute atomic E-state index is 0.00492. The van der Waals surface area contributed by atoms with E-state index in [9.17, 15) is 4.79 Å². The van der Waals surface area contributed by atoms with Crippen molar-refractivity contribution >= 4 is 21.8 Å². The van der Waals surface area contributed by atoms with Crippen LogP contribution in [-0.2, 0) is 12.0 Å². The molecule has 0 radical (unpaired) electrons. The van der Waals surface area contributed by atoms with E-state index in [1.165, 1.54) is 0 Å². The van der Waals surface area contributed by atoms with Crippen molar-refractivity contribution < 1.29 is 9.21 Å². The molecule has 0 unspecified atom stereocenters. The van der Waals surface area contributed by atoms with Crippen LogP contribution in [0.3, 0.4) is 0 Å². The first kappa shape index (κ1) is 15.7. The lowest BCUT2D eigenvalue weighted by molar-refractivity contribution is 0.0912. The number of rotatable bonds is 3. The molecule has 0 aliphatic heterocycles. The van der Waals surface area contributed by atoms with E-state index in [4.69, 9.17) is 4.42 Å². The zero-order valence-corrected chi connectivity index (χ0v) is 14.1. The number of hydrogen-bond acceptors (Lipinski definition) is 4. The first-order chi connectivity index (χ1) is 9.77. The summed E-state index contributed by atoms with van der Waals surface area (Å²) in [5, 5.41) is 10.5. The first-order valence-corrected chi connectivity index (χ1v) is 7.44. The van der Waals surface area contributed by atoms with Gasteiger partial charge in [0.2, 0.25) is 5.89 Å². The number of halogens is 1. The van der Waals surface area contributed by atoms with Gasteiger partial charge in [0.1, 0.15) is 0 Å². The maximum Gasteiger partial charge on any atom is 0.309 e. The van der Waals surface area contributed by atoms with Gasteiger partial charge in [-0.25, -0.2) is 0 Å². The van der Waals surface area contributed by atoms with Gasteiger partial charge in [-0.1, -0.05) is 42.8 Å². The maximum absolute atomic E-state index is 12.0. The highest BCUT2D eigenvalue weighted by Crippen LogP contribution is 2.20. The van der Waals surface area contributed by atoms with E-state index in [-0.39, 0.29) is 17.2 Å². The van der Waals surface area contributed by atoms with E-state index in [2.05, 4.69) is 31.4 Å². The zero-order chi connectivity index (χ0) is 15.6. The van der Waals surface area contributed by atoms with Crippen LogP contribution in [0.4, 0.5) is 0 Å². The van der Waals surface area contributed by atoms with Crippen LogP contribution in [0.5, 0.6) is 0 Å². The molecule has 6 heteroatoms. The van der Waals surface area contributed by atoms with Crippen molar-refractivity contribution in [3.8, 4) is 0 Å². The van der Waals surface area contributed by atoms with Crippen molar-refractivity contribution in [2.24, 2.45) is 0 Å². The number of aryl methyl sites for hydroxylation is 1. The van der Waals surface area contributed by atoms with Crippen LogP contribution in [0.15, 0.2) is 27.1 Å². The van der Waals surface area contributed by atoms with Crippen LogP contribution in [0, 0.1) is 6.92 Å². The SMILES string of the molecule is Cc1cc(Br)ccc1CNC(=O)c1nnc(C(C)(C)C)o1. The third-order valence-electron chi connectivity index (χ3n) is 3.00. The van der Waals surface area contributed by atoms with Gasteiger partial charge in [-0.2, -0.15) is 0 Å². The second kappa shape index (κ2) is 5.97. The summed E-state index contributed by atoms with van der Waals surface area (Å²) in [6, 6.07) is 5.92. The Morgan fingerprint density at radius 1 is 1.33 bits per heavy atom. The van der Waals surface area contributed by atoms with Gasteiger partial charge in [-0.05, 0) is 30.2 Å². The molecule has 0 spiro atoms. The lowest BCUT2D eigenvalue weighted by atomic mass is 9.97. The largest absolute Gasteiger partial charge is 0.416 e. The quantitative estimate of drug-likeness (QED) is 0.920. The van der Waals surface area contributed by atoms with Gasteiger partial charge < -0.3 is 9.73 Å². The third kappa shape index (κ3) is 3.91. The molecule has 1 amide bonds. The highest BCUT2D eigenvalue weighted by molar-refractivity contribution is 9.10.